The van der Waals surface area contributed by atoms with Crippen LogP contribution in [0.3, 0.4) is 0 Å². The molecule has 1 aromatic rings. The van der Waals surface area contributed by atoms with E-state index in [-0.39, 0.29) is 0 Å². The van der Waals surface area contributed by atoms with Crippen molar-refractivity contribution in [3.05, 3.63) is 23.8 Å². The molecule has 1 unspecified atom stereocenters. The van der Waals surface area contributed by atoms with Gasteiger partial charge >= 0.3 is 0 Å². The van der Waals surface area contributed by atoms with Crippen LogP contribution in [-0.2, 0) is 6.42 Å². The van der Waals surface area contributed by atoms with Crippen LogP contribution in [0, 0.1) is 12.3 Å². The van der Waals surface area contributed by atoms with Gasteiger partial charge in [-0.2, -0.15) is 0 Å². The van der Waals surface area contributed by atoms with Crippen LogP contribution in [0.4, 0.5) is 0 Å². The molecule has 1 aliphatic rings. The van der Waals surface area contributed by atoms with E-state index in [9.17, 15) is 0 Å². The second-order valence-corrected chi connectivity index (χ2v) is 5.24. The molecule has 108 valence electrons. The van der Waals surface area contributed by atoms with Crippen molar-refractivity contribution in [3.63, 3.8) is 0 Å². The third kappa shape index (κ3) is 4.47. The smallest absolute Gasteiger partial charge is 0.231 e. The molecular formula is C17H23NO2. The van der Waals surface area contributed by atoms with Crippen LogP contribution in [0.15, 0.2) is 18.2 Å². The molecule has 1 aliphatic heterocycles. The Kier molecular flexibility index (Phi) is 5.76. The number of hydrogen-bond donors (Lipinski definition) is 1. The number of fused-ring (bicyclic) bond motifs is 1. The molecule has 0 saturated heterocycles. The first-order chi connectivity index (χ1) is 9.79. The monoisotopic (exact) mass is 273 g/mol. The molecule has 20 heavy (non-hydrogen) atoms. The van der Waals surface area contributed by atoms with E-state index in [4.69, 9.17) is 15.9 Å². The standard InChI is InChI=1S/C17H23NO2/c1-3-4-5-6-11-18-14(2)7-8-15-9-10-16-17(12-15)20-13-19-16/h1,9-10,12,14,18H,4-8,11,13H2,2H3. The number of ether oxygens (including phenoxy) is 2. The van der Waals surface area contributed by atoms with Gasteiger partial charge in [-0.3, -0.25) is 0 Å². The average Bonchev–Trinajstić information content (AvgIpc) is 2.92. The quantitative estimate of drug-likeness (QED) is 0.583. The first kappa shape index (κ1) is 14.7. The number of terminal acetylenes is 1. The fourth-order valence-electron chi connectivity index (χ4n) is 2.28. The number of rotatable bonds is 8. The lowest BCUT2D eigenvalue weighted by atomic mass is 10.1. The topological polar surface area (TPSA) is 30.5 Å². The molecule has 1 aromatic carbocycles. The SMILES string of the molecule is C#CCCCCNC(C)CCc1ccc2c(c1)OCO2. The van der Waals surface area contributed by atoms with Crippen molar-refractivity contribution in [1.82, 2.24) is 5.32 Å². The van der Waals surface area contributed by atoms with Crippen molar-refractivity contribution in [2.45, 2.75) is 45.1 Å². The summed E-state index contributed by atoms with van der Waals surface area (Å²) >= 11 is 0. The number of aryl methyl sites for hydroxylation is 1. The Bertz CT molecular complexity index is 465. The second-order valence-electron chi connectivity index (χ2n) is 5.24. The highest BCUT2D eigenvalue weighted by Gasteiger charge is 2.13. The van der Waals surface area contributed by atoms with E-state index in [1.54, 1.807) is 0 Å². The molecule has 0 aromatic heterocycles. The Morgan fingerprint density at radius 2 is 2.15 bits per heavy atom. The number of nitrogens with one attached hydrogen (secondary N) is 1. The van der Waals surface area contributed by atoms with Crippen molar-refractivity contribution in [1.29, 1.82) is 0 Å². The van der Waals surface area contributed by atoms with Crippen LogP contribution in [0.25, 0.3) is 0 Å². The molecule has 0 saturated carbocycles. The van der Waals surface area contributed by atoms with Crippen LogP contribution < -0.4 is 14.8 Å². The molecule has 0 amide bonds. The van der Waals surface area contributed by atoms with Gasteiger partial charge in [0.05, 0.1) is 0 Å². The highest BCUT2D eigenvalue weighted by Crippen LogP contribution is 2.32. The van der Waals surface area contributed by atoms with Crippen molar-refractivity contribution < 1.29 is 9.47 Å². The summed E-state index contributed by atoms with van der Waals surface area (Å²) in [6.45, 7) is 3.62. The normalized spacial score (nSPS) is 14.0. The Morgan fingerprint density at radius 3 is 3.00 bits per heavy atom. The maximum absolute atomic E-state index is 5.39. The Hall–Kier alpha value is -1.66. The van der Waals surface area contributed by atoms with E-state index >= 15 is 0 Å². The van der Waals surface area contributed by atoms with Gasteiger partial charge < -0.3 is 14.8 Å². The van der Waals surface area contributed by atoms with Gasteiger partial charge in [0.15, 0.2) is 11.5 Å². The zero-order valence-electron chi connectivity index (χ0n) is 12.2. The lowest BCUT2D eigenvalue weighted by molar-refractivity contribution is 0.174. The summed E-state index contributed by atoms with van der Waals surface area (Å²) in [5, 5.41) is 3.54. The van der Waals surface area contributed by atoms with Gasteiger partial charge in [0.1, 0.15) is 0 Å². The molecule has 3 heteroatoms. The third-order valence-electron chi connectivity index (χ3n) is 3.54. The van der Waals surface area contributed by atoms with Gasteiger partial charge in [-0.05, 0) is 56.8 Å². The highest BCUT2D eigenvalue weighted by molar-refractivity contribution is 5.44. The Balaban J connectivity index is 1.66. The van der Waals surface area contributed by atoms with E-state index in [2.05, 4.69) is 30.3 Å². The minimum absolute atomic E-state index is 0.342. The Morgan fingerprint density at radius 1 is 1.30 bits per heavy atom. The molecule has 0 fully saturated rings. The van der Waals surface area contributed by atoms with Crippen molar-refractivity contribution in [2.75, 3.05) is 13.3 Å². The zero-order chi connectivity index (χ0) is 14.2. The van der Waals surface area contributed by atoms with E-state index in [0.29, 0.717) is 12.8 Å². The average molecular weight is 273 g/mol. The van der Waals surface area contributed by atoms with Gasteiger partial charge in [-0.25, -0.2) is 0 Å². The van der Waals surface area contributed by atoms with Crippen LogP contribution in [0.5, 0.6) is 11.5 Å². The summed E-state index contributed by atoms with van der Waals surface area (Å²) < 4.78 is 10.7. The first-order valence-corrected chi connectivity index (χ1v) is 7.35. The second kappa shape index (κ2) is 7.81. The molecule has 2 rings (SSSR count). The number of unbranched alkanes of at least 4 members (excludes halogenated alkanes) is 2. The zero-order valence-corrected chi connectivity index (χ0v) is 12.2. The summed E-state index contributed by atoms with van der Waals surface area (Å²) in [7, 11) is 0. The predicted octanol–water partition coefficient (Wildman–Crippen LogP) is 3.13. The van der Waals surface area contributed by atoms with E-state index < -0.39 is 0 Å². The summed E-state index contributed by atoms with van der Waals surface area (Å²) in [5.41, 5.74) is 1.30. The van der Waals surface area contributed by atoms with Crippen molar-refractivity contribution >= 4 is 0 Å². The van der Waals surface area contributed by atoms with Crippen molar-refractivity contribution in [2.24, 2.45) is 0 Å². The summed E-state index contributed by atoms with van der Waals surface area (Å²) in [5.74, 6) is 4.40. The molecule has 1 N–H and O–H groups in total. The molecule has 1 atom stereocenters. The van der Waals surface area contributed by atoms with Crippen LogP contribution in [0.1, 0.15) is 38.2 Å². The maximum Gasteiger partial charge on any atom is 0.231 e. The van der Waals surface area contributed by atoms with Gasteiger partial charge in [-0.15, -0.1) is 12.3 Å². The number of benzene rings is 1. The maximum atomic E-state index is 5.39. The third-order valence-corrected chi connectivity index (χ3v) is 3.54. The Labute approximate surface area is 121 Å². The molecule has 1 heterocycles. The van der Waals surface area contributed by atoms with E-state index in [1.165, 1.54) is 5.56 Å². The number of hydrogen-bond acceptors (Lipinski definition) is 3. The van der Waals surface area contributed by atoms with Gasteiger partial charge in [0, 0.05) is 12.5 Å². The molecule has 3 nitrogen and oxygen atoms in total. The molecular weight excluding hydrogens is 250 g/mol. The summed E-state index contributed by atoms with van der Waals surface area (Å²) in [4.78, 5) is 0. The van der Waals surface area contributed by atoms with Crippen LogP contribution >= 0.6 is 0 Å². The first-order valence-electron chi connectivity index (χ1n) is 7.35. The van der Waals surface area contributed by atoms with Crippen LogP contribution in [-0.4, -0.2) is 19.4 Å². The van der Waals surface area contributed by atoms with E-state index in [0.717, 1.165) is 50.1 Å². The minimum Gasteiger partial charge on any atom is -0.454 e. The lowest BCUT2D eigenvalue weighted by Crippen LogP contribution is -2.27. The molecule has 0 bridgehead atoms. The van der Waals surface area contributed by atoms with Gasteiger partial charge in [-0.1, -0.05) is 6.07 Å². The minimum atomic E-state index is 0.342. The molecule has 0 radical (unpaired) electrons. The predicted molar refractivity (Wildman–Crippen MR) is 81.0 cm³/mol. The molecule has 0 spiro atoms. The summed E-state index contributed by atoms with van der Waals surface area (Å²) in [6, 6.07) is 6.72. The fourth-order valence-corrected chi connectivity index (χ4v) is 2.28. The largest absolute Gasteiger partial charge is 0.454 e. The van der Waals surface area contributed by atoms with Crippen molar-refractivity contribution in [3.8, 4) is 23.8 Å². The van der Waals surface area contributed by atoms with Crippen LogP contribution in [0.2, 0.25) is 0 Å². The lowest BCUT2D eigenvalue weighted by Gasteiger charge is -2.13. The molecule has 0 aliphatic carbocycles. The summed E-state index contributed by atoms with van der Waals surface area (Å²) in [6.07, 6.45) is 10.5. The fraction of sp³-hybridized carbons (Fsp3) is 0.529. The van der Waals surface area contributed by atoms with Gasteiger partial charge in [0.25, 0.3) is 0 Å². The van der Waals surface area contributed by atoms with E-state index in [1.807, 2.05) is 6.07 Å². The highest BCUT2D eigenvalue weighted by atomic mass is 16.7. The van der Waals surface area contributed by atoms with Gasteiger partial charge in [0.2, 0.25) is 6.79 Å².